The molecule has 0 fully saturated rings. The smallest absolute Gasteiger partial charge is 0.343 e. The number of benzene rings is 1. The van der Waals surface area contributed by atoms with Crippen LogP contribution in [-0.4, -0.2) is 43.8 Å². The quantitative estimate of drug-likeness (QED) is 0.314. The zero-order chi connectivity index (χ0) is 17.2. The second-order valence-electron chi connectivity index (χ2n) is 5.07. The number of Topliss-reactive ketones (excluding diaryl/α,β-unsaturated/α-hetero) is 1. The lowest BCUT2D eigenvalue weighted by Crippen LogP contribution is -2.20. The number of carbonyl (C=O) groups excluding carboxylic acids is 3. The van der Waals surface area contributed by atoms with Gasteiger partial charge < -0.3 is 14.4 Å². The molecule has 0 aliphatic heterocycles. The van der Waals surface area contributed by atoms with Gasteiger partial charge in [0.1, 0.15) is 12.2 Å². The van der Waals surface area contributed by atoms with Crippen molar-refractivity contribution in [2.45, 2.75) is 19.4 Å². The molecule has 6 heteroatoms. The van der Waals surface area contributed by atoms with Crippen molar-refractivity contribution in [1.82, 2.24) is 4.90 Å². The molecule has 124 valence electrons. The highest BCUT2D eigenvalue weighted by Gasteiger charge is 2.21. The van der Waals surface area contributed by atoms with Gasteiger partial charge in [-0.05, 0) is 5.56 Å². The minimum atomic E-state index is -0.711. The monoisotopic (exact) mass is 319 g/mol. The predicted octanol–water partition coefficient (Wildman–Crippen LogP) is 1.70. The van der Waals surface area contributed by atoms with Crippen LogP contribution in [0, 0.1) is 0 Å². The number of esters is 2. The Kier molecular flexibility index (Phi) is 7.53. The molecule has 6 nitrogen and oxygen atoms in total. The number of hydrogen-bond donors (Lipinski definition) is 0. The van der Waals surface area contributed by atoms with E-state index in [0.29, 0.717) is 0 Å². The Morgan fingerprint density at radius 1 is 1.09 bits per heavy atom. The summed E-state index contributed by atoms with van der Waals surface area (Å²) in [6.07, 6.45) is 1.21. The first-order chi connectivity index (χ1) is 10.9. The molecule has 0 spiro atoms. The van der Waals surface area contributed by atoms with Gasteiger partial charge in [-0.25, -0.2) is 4.79 Å². The van der Waals surface area contributed by atoms with E-state index >= 15 is 0 Å². The average Bonchev–Trinajstić information content (AvgIpc) is 2.55. The number of ketones is 1. The summed E-state index contributed by atoms with van der Waals surface area (Å²) in [6, 6.07) is 9.17. The fourth-order valence-electron chi connectivity index (χ4n) is 1.75. The van der Waals surface area contributed by atoms with Gasteiger partial charge in [0.2, 0.25) is 0 Å². The van der Waals surface area contributed by atoms with Gasteiger partial charge in [0.15, 0.2) is 5.78 Å². The zero-order valence-corrected chi connectivity index (χ0v) is 13.6. The molecule has 0 aliphatic carbocycles. The molecule has 0 aliphatic rings. The third kappa shape index (κ3) is 6.78. The largest absolute Gasteiger partial charge is 0.469 e. The standard InChI is InChI=1S/C17H21NO5/c1-18(2)11-14(15(19)9-10-16(20)22-3)17(21)23-12-13-7-5-4-6-8-13/h4-8,11H,9-10,12H2,1-3H3/b14-11+. The van der Waals surface area contributed by atoms with Crippen LogP contribution in [-0.2, 0) is 30.5 Å². The molecule has 0 heterocycles. The molecule has 1 aromatic rings. The van der Waals surface area contributed by atoms with Gasteiger partial charge in [-0.2, -0.15) is 0 Å². The third-order valence-electron chi connectivity index (χ3n) is 2.90. The Morgan fingerprint density at radius 3 is 2.30 bits per heavy atom. The zero-order valence-electron chi connectivity index (χ0n) is 13.6. The van der Waals surface area contributed by atoms with E-state index in [1.165, 1.54) is 13.3 Å². The summed E-state index contributed by atoms with van der Waals surface area (Å²) in [7, 11) is 4.63. The molecule has 0 bridgehead atoms. The van der Waals surface area contributed by atoms with Crippen molar-refractivity contribution in [3.05, 3.63) is 47.7 Å². The number of rotatable bonds is 8. The van der Waals surface area contributed by atoms with E-state index < -0.39 is 17.7 Å². The maximum absolute atomic E-state index is 12.2. The van der Waals surface area contributed by atoms with Crippen LogP contribution in [0.1, 0.15) is 18.4 Å². The van der Waals surface area contributed by atoms with Crippen molar-refractivity contribution in [2.24, 2.45) is 0 Å². The number of carbonyl (C=O) groups is 3. The fourth-order valence-corrected chi connectivity index (χ4v) is 1.75. The molecule has 0 N–H and O–H groups in total. The normalized spacial score (nSPS) is 10.8. The molecule has 1 aromatic carbocycles. The Balaban J connectivity index is 2.71. The van der Waals surface area contributed by atoms with Gasteiger partial charge in [0, 0.05) is 26.7 Å². The topological polar surface area (TPSA) is 72.9 Å². The summed E-state index contributed by atoms with van der Waals surface area (Å²) < 4.78 is 9.66. The number of methoxy groups -OCH3 is 1. The maximum atomic E-state index is 12.2. The van der Waals surface area contributed by atoms with Gasteiger partial charge in [-0.15, -0.1) is 0 Å². The van der Waals surface area contributed by atoms with Crippen molar-refractivity contribution in [3.63, 3.8) is 0 Å². The molecule has 23 heavy (non-hydrogen) atoms. The van der Waals surface area contributed by atoms with Gasteiger partial charge in [0.25, 0.3) is 0 Å². The summed E-state index contributed by atoms with van der Waals surface area (Å²) >= 11 is 0. The Morgan fingerprint density at radius 2 is 1.74 bits per heavy atom. The summed E-state index contributed by atoms with van der Waals surface area (Å²) in [5, 5.41) is 0. The van der Waals surface area contributed by atoms with E-state index in [2.05, 4.69) is 4.74 Å². The van der Waals surface area contributed by atoms with Crippen molar-refractivity contribution >= 4 is 17.7 Å². The van der Waals surface area contributed by atoms with Gasteiger partial charge in [-0.1, -0.05) is 30.3 Å². The Hall–Kier alpha value is -2.63. The number of nitrogens with zero attached hydrogens (tertiary/aromatic N) is 1. The minimum Gasteiger partial charge on any atom is -0.469 e. The molecule has 0 amide bonds. The lowest BCUT2D eigenvalue weighted by molar-refractivity contribution is -0.144. The first kappa shape index (κ1) is 18.4. The summed E-state index contributed by atoms with van der Waals surface area (Å²) in [5.41, 5.74) is 0.738. The van der Waals surface area contributed by atoms with Crippen LogP contribution in [0.3, 0.4) is 0 Å². The highest BCUT2D eigenvalue weighted by atomic mass is 16.5. The minimum absolute atomic E-state index is 0.0773. The number of ether oxygens (including phenoxy) is 2. The molecular formula is C17H21NO5. The third-order valence-corrected chi connectivity index (χ3v) is 2.90. The highest BCUT2D eigenvalue weighted by Crippen LogP contribution is 2.09. The summed E-state index contributed by atoms with van der Waals surface area (Å²) in [6.45, 7) is 0.0781. The van der Waals surface area contributed by atoms with E-state index in [-0.39, 0.29) is 25.0 Å². The molecule has 0 atom stereocenters. The molecule has 1 rings (SSSR count). The fraction of sp³-hybridized carbons (Fsp3) is 0.353. The van der Waals surface area contributed by atoms with E-state index in [9.17, 15) is 14.4 Å². The van der Waals surface area contributed by atoms with E-state index in [4.69, 9.17) is 4.74 Å². The van der Waals surface area contributed by atoms with Crippen LogP contribution in [0.2, 0.25) is 0 Å². The van der Waals surface area contributed by atoms with Crippen LogP contribution in [0.5, 0.6) is 0 Å². The van der Waals surface area contributed by atoms with Crippen molar-refractivity contribution in [3.8, 4) is 0 Å². The molecule has 0 aromatic heterocycles. The Bertz CT molecular complexity index is 578. The van der Waals surface area contributed by atoms with Crippen LogP contribution in [0.25, 0.3) is 0 Å². The van der Waals surface area contributed by atoms with Gasteiger partial charge in [-0.3, -0.25) is 9.59 Å². The first-order valence-electron chi connectivity index (χ1n) is 7.13. The molecule has 0 saturated carbocycles. The second-order valence-corrected chi connectivity index (χ2v) is 5.07. The molecule has 0 saturated heterocycles. The van der Waals surface area contributed by atoms with Crippen molar-refractivity contribution in [1.29, 1.82) is 0 Å². The SMILES string of the molecule is COC(=O)CCC(=O)/C(=C\N(C)C)C(=O)OCc1ccccc1. The van der Waals surface area contributed by atoms with Crippen molar-refractivity contribution < 1.29 is 23.9 Å². The van der Waals surface area contributed by atoms with Crippen LogP contribution >= 0.6 is 0 Å². The lowest BCUT2D eigenvalue weighted by Gasteiger charge is -2.11. The highest BCUT2D eigenvalue weighted by molar-refractivity contribution is 6.17. The average molecular weight is 319 g/mol. The van der Waals surface area contributed by atoms with Crippen LogP contribution < -0.4 is 0 Å². The van der Waals surface area contributed by atoms with E-state index in [0.717, 1.165) is 5.56 Å². The number of hydrogen-bond acceptors (Lipinski definition) is 6. The van der Waals surface area contributed by atoms with Gasteiger partial charge >= 0.3 is 11.9 Å². The van der Waals surface area contributed by atoms with E-state index in [1.54, 1.807) is 19.0 Å². The molecule has 0 radical (unpaired) electrons. The molecular weight excluding hydrogens is 298 g/mol. The predicted molar refractivity (Wildman–Crippen MR) is 84.3 cm³/mol. The second kappa shape index (κ2) is 9.40. The van der Waals surface area contributed by atoms with Gasteiger partial charge in [0.05, 0.1) is 13.5 Å². The molecule has 0 unspecified atom stereocenters. The van der Waals surface area contributed by atoms with E-state index in [1.807, 2.05) is 30.3 Å². The first-order valence-corrected chi connectivity index (χ1v) is 7.13. The van der Waals surface area contributed by atoms with Crippen LogP contribution in [0.15, 0.2) is 42.1 Å². The van der Waals surface area contributed by atoms with Crippen molar-refractivity contribution in [2.75, 3.05) is 21.2 Å². The lowest BCUT2D eigenvalue weighted by atomic mass is 10.1. The Labute approximate surface area is 135 Å². The summed E-state index contributed by atoms with van der Waals surface area (Å²) in [4.78, 5) is 37.0. The van der Waals surface area contributed by atoms with Crippen LogP contribution in [0.4, 0.5) is 0 Å². The maximum Gasteiger partial charge on any atom is 0.343 e. The summed E-state index contributed by atoms with van der Waals surface area (Å²) in [5.74, 6) is -1.67.